The molecule has 15 heteroatoms. The summed E-state index contributed by atoms with van der Waals surface area (Å²) in [5.41, 5.74) is 7.73. The largest absolute Gasteiger partial charge is 0.361 e. The highest BCUT2D eigenvalue weighted by Crippen LogP contribution is 2.22. The molecule has 3 heterocycles. The maximum Gasteiger partial charge on any atom is 0.312 e. The average Bonchev–Trinajstić information content (AvgIpc) is 3.60. The maximum absolute atomic E-state index is 14.3. The van der Waals surface area contributed by atoms with Crippen molar-refractivity contribution in [1.29, 1.82) is 0 Å². The molecule has 7 amide bonds. The Labute approximate surface area is 320 Å². The quantitative estimate of drug-likeness (QED) is 0.0957. The number of fused-ring (bicyclic) bond motifs is 1. The summed E-state index contributed by atoms with van der Waals surface area (Å²) in [5, 5.41) is 12.0. The van der Waals surface area contributed by atoms with E-state index in [1.54, 1.807) is 11.1 Å². The highest BCUT2D eigenvalue weighted by Gasteiger charge is 2.38. The Kier molecular flexibility index (Phi) is 14.7. The number of rotatable bonds is 16. The molecule has 0 aliphatic carbocycles. The van der Waals surface area contributed by atoms with Crippen LogP contribution in [0.1, 0.15) is 62.5 Å². The SMILES string of the molecule is NC(=O)NCCCC(NC(=O)C(Cc1c[nH]c2ccccc12)NC(=O)[C@@H]1CCCCN1C(=O)C(Cc1ccccc1)NC(=O)CCl)C(=O)N1CCCCC1. The van der Waals surface area contributed by atoms with E-state index in [1.165, 1.54) is 4.90 Å². The van der Waals surface area contributed by atoms with E-state index in [0.29, 0.717) is 45.3 Å². The number of nitrogens with two attached hydrogens (primary N) is 1. The van der Waals surface area contributed by atoms with E-state index < -0.39 is 53.8 Å². The second-order valence-electron chi connectivity index (χ2n) is 14.0. The molecule has 2 saturated heterocycles. The van der Waals surface area contributed by atoms with Crippen molar-refractivity contribution < 1.29 is 28.8 Å². The van der Waals surface area contributed by atoms with Gasteiger partial charge in [0.1, 0.15) is 30.0 Å². The molecule has 3 aromatic rings. The van der Waals surface area contributed by atoms with Gasteiger partial charge >= 0.3 is 6.03 Å². The molecule has 0 radical (unpaired) electrons. The van der Waals surface area contributed by atoms with E-state index in [0.717, 1.165) is 41.3 Å². The smallest absolute Gasteiger partial charge is 0.312 e. The van der Waals surface area contributed by atoms with E-state index >= 15 is 0 Å². The lowest BCUT2D eigenvalue weighted by Gasteiger charge is -2.38. The number of halogens is 1. The van der Waals surface area contributed by atoms with Crippen molar-refractivity contribution in [3.63, 3.8) is 0 Å². The third-order valence-corrected chi connectivity index (χ3v) is 10.4. The molecule has 0 bridgehead atoms. The van der Waals surface area contributed by atoms with Crippen molar-refractivity contribution in [3.8, 4) is 0 Å². The molecule has 4 atom stereocenters. The Balaban J connectivity index is 1.39. The fourth-order valence-corrected chi connectivity index (χ4v) is 7.41. The third-order valence-electron chi connectivity index (χ3n) is 10.1. The standard InChI is InChI=1S/C39H51ClN8O6/c40-24-34(49)44-32(22-26-12-3-1-4-13-26)38(53)48-21-10-7-17-33(48)36(51)46-31(23-27-25-43-29-15-6-5-14-28(27)29)35(50)45-30(16-11-18-42-39(41)54)37(52)47-19-8-2-9-20-47/h1,3-6,12-15,25,30-33,43H,2,7-11,16-24H2,(H,44,49)(H,45,50)(H,46,51)(H3,41,42,54)/t30?,31?,32?,33-/m0/s1. The topological polar surface area (TPSA) is 199 Å². The number of nitrogens with one attached hydrogen (secondary N) is 5. The number of amides is 7. The average molecular weight is 763 g/mol. The normalized spacial score (nSPS) is 17.5. The van der Waals surface area contributed by atoms with Gasteiger partial charge in [-0.05, 0) is 68.6 Å². The van der Waals surface area contributed by atoms with Gasteiger partial charge in [-0.2, -0.15) is 0 Å². The summed E-state index contributed by atoms with van der Waals surface area (Å²) < 4.78 is 0. The lowest BCUT2D eigenvalue weighted by atomic mass is 9.97. The highest BCUT2D eigenvalue weighted by molar-refractivity contribution is 6.27. The third kappa shape index (κ3) is 11.0. The van der Waals surface area contributed by atoms with Crippen molar-refractivity contribution in [3.05, 3.63) is 71.9 Å². The molecule has 2 aliphatic heterocycles. The van der Waals surface area contributed by atoms with Crippen molar-refractivity contribution in [2.24, 2.45) is 5.73 Å². The van der Waals surface area contributed by atoms with Crippen LogP contribution in [-0.4, -0.2) is 107 Å². The molecule has 0 saturated carbocycles. The van der Waals surface area contributed by atoms with Crippen molar-refractivity contribution in [2.75, 3.05) is 32.1 Å². The zero-order valence-corrected chi connectivity index (χ0v) is 31.2. The van der Waals surface area contributed by atoms with Crippen LogP contribution in [0.3, 0.4) is 0 Å². The van der Waals surface area contributed by atoms with Crippen LogP contribution in [0.2, 0.25) is 0 Å². The van der Waals surface area contributed by atoms with Gasteiger partial charge in [0.25, 0.3) is 0 Å². The summed E-state index contributed by atoms with van der Waals surface area (Å²) in [5.74, 6) is -2.50. The minimum absolute atomic E-state index is 0.110. The summed E-state index contributed by atoms with van der Waals surface area (Å²) in [6, 6.07) is 12.4. The number of H-pyrrole nitrogens is 1. The number of carbonyl (C=O) groups is 6. The van der Waals surface area contributed by atoms with Crippen LogP contribution in [0.4, 0.5) is 4.79 Å². The number of likely N-dealkylation sites (tertiary alicyclic amines) is 2. The Bertz CT molecular complexity index is 1760. The van der Waals surface area contributed by atoms with E-state index in [-0.39, 0.29) is 37.6 Å². The van der Waals surface area contributed by atoms with Crippen LogP contribution in [0.25, 0.3) is 10.9 Å². The summed E-state index contributed by atoms with van der Waals surface area (Å²) in [7, 11) is 0. The Hall–Kier alpha value is -5.11. The van der Waals surface area contributed by atoms with Gasteiger partial charge in [0.05, 0.1) is 0 Å². The van der Waals surface area contributed by atoms with Crippen molar-refractivity contribution in [1.82, 2.24) is 36.1 Å². The minimum atomic E-state index is -1.10. The molecule has 0 spiro atoms. The predicted molar refractivity (Wildman–Crippen MR) is 205 cm³/mol. The number of alkyl halides is 1. The molecule has 54 heavy (non-hydrogen) atoms. The van der Waals surface area contributed by atoms with E-state index in [2.05, 4.69) is 26.3 Å². The first-order chi connectivity index (χ1) is 26.1. The molecule has 290 valence electrons. The van der Waals surface area contributed by atoms with Crippen LogP contribution < -0.4 is 27.0 Å². The lowest BCUT2D eigenvalue weighted by molar-refractivity contribution is -0.145. The number of primary amides is 1. The number of carbonyl (C=O) groups excluding carboxylic acids is 6. The number of urea groups is 1. The number of para-hydroxylation sites is 1. The molecule has 3 unspecified atom stereocenters. The maximum atomic E-state index is 14.3. The fourth-order valence-electron chi connectivity index (χ4n) is 7.33. The fraction of sp³-hybridized carbons (Fsp3) is 0.487. The molecule has 1 aromatic heterocycles. The molecule has 2 aliphatic rings. The number of hydrogen-bond acceptors (Lipinski definition) is 6. The first-order valence-corrected chi connectivity index (χ1v) is 19.4. The predicted octanol–water partition coefficient (Wildman–Crippen LogP) is 2.49. The minimum Gasteiger partial charge on any atom is -0.361 e. The van der Waals surface area contributed by atoms with Crippen molar-refractivity contribution >= 4 is 58.1 Å². The Morgan fingerprint density at radius 3 is 2.26 bits per heavy atom. The summed E-state index contributed by atoms with van der Waals surface area (Å²) in [6.45, 7) is 1.70. The van der Waals surface area contributed by atoms with Crippen molar-refractivity contribution in [2.45, 2.75) is 88.4 Å². The van der Waals surface area contributed by atoms with Gasteiger partial charge in [-0.3, -0.25) is 24.0 Å². The summed E-state index contributed by atoms with van der Waals surface area (Å²) in [6.07, 6.45) is 7.23. The van der Waals surface area contributed by atoms with Crippen LogP contribution >= 0.6 is 11.6 Å². The second kappa shape index (κ2) is 19.8. The highest BCUT2D eigenvalue weighted by atomic mass is 35.5. The number of benzene rings is 2. The van der Waals surface area contributed by atoms with Crippen LogP contribution in [0, 0.1) is 0 Å². The monoisotopic (exact) mass is 762 g/mol. The summed E-state index contributed by atoms with van der Waals surface area (Å²) >= 11 is 5.81. The number of nitrogens with zero attached hydrogens (tertiary/aromatic N) is 2. The number of hydrogen-bond donors (Lipinski definition) is 6. The van der Waals surface area contributed by atoms with Crippen LogP contribution in [0.15, 0.2) is 60.8 Å². The first kappa shape index (κ1) is 40.1. The molecular formula is C39H51ClN8O6. The van der Waals surface area contributed by atoms with Gasteiger partial charge in [0.2, 0.25) is 29.5 Å². The van der Waals surface area contributed by atoms with Crippen LogP contribution in [-0.2, 0) is 36.8 Å². The zero-order chi connectivity index (χ0) is 38.5. The van der Waals surface area contributed by atoms with E-state index in [9.17, 15) is 28.8 Å². The number of aromatic amines is 1. The lowest BCUT2D eigenvalue weighted by Crippen LogP contribution is -2.61. The second-order valence-corrected chi connectivity index (χ2v) is 14.3. The first-order valence-electron chi connectivity index (χ1n) is 18.8. The van der Waals surface area contributed by atoms with Gasteiger partial charge in [0.15, 0.2) is 0 Å². The molecular weight excluding hydrogens is 712 g/mol. The van der Waals surface area contributed by atoms with Crippen LogP contribution in [0.5, 0.6) is 0 Å². The molecule has 5 rings (SSSR count). The summed E-state index contributed by atoms with van der Waals surface area (Å²) in [4.78, 5) is 86.7. The van der Waals surface area contributed by atoms with Gasteiger partial charge in [0, 0.05) is 56.1 Å². The molecule has 14 nitrogen and oxygen atoms in total. The number of piperidine rings is 2. The van der Waals surface area contributed by atoms with Gasteiger partial charge < -0.3 is 41.8 Å². The Morgan fingerprint density at radius 2 is 1.52 bits per heavy atom. The molecule has 7 N–H and O–H groups in total. The zero-order valence-electron chi connectivity index (χ0n) is 30.5. The van der Waals surface area contributed by atoms with Gasteiger partial charge in [-0.15, -0.1) is 11.6 Å². The molecule has 2 fully saturated rings. The molecule has 2 aromatic carbocycles. The van der Waals surface area contributed by atoms with E-state index in [4.69, 9.17) is 17.3 Å². The van der Waals surface area contributed by atoms with Gasteiger partial charge in [-0.1, -0.05) is 48.5 Å². The Morgan fingerprint density at radius 1 is 0.796 bits per heavy atom. The van der Waals surface area contributed by atoms with E-state index in [1.807, 2.05) is 54.6 Å². The van der Waals surface area contributed by atoms with Gasteiger partial charge in [-0.25, -0.2) is 4.79 Å². The number of aromatic nitrogens is 1.